The number of rotatable bonds is 2. The number of alkyl halides is 10. The minimum Gasteiger partial charge on any atom is -0.480 e. The van der Waals surface area contributed by atoms with Crippen LogP contribution in [0.5, 0.6) is 0 Å². The molecule has 1 saturated carbocycles. The van der Waals surface area contributed by atoms with Crippen LogP contribution in [-0.2, 0) is 9.59 Å². The number of hydrogen-bond acceptors (Lipinski definition) is 2. The molecule has 0 saturated heterocycles. The maximum Gasteiger partial charge on any atom is 0.384 e. The zero-order valence-corrected chi connectivity index (χ0v) is 9.90. The lowest BCUT2D eigenvalue weighted by molar-refractivity contribution is -0.473. The lowest BCUT2D eigenvalue weighted by Gasteiger charge is -2.52. The lowest BCUT2D eigenvalue weighted by Crippen LogP contribution is -2.85. The third kappa shape index (κ3) is 1.62. The summed E-state index contributed by atoms with van der Waals surface area (Å²) in [5, 5.41) is 16.4. The molecule has 1 fully saturated rings. The molecule has 0 aromatic carbocycles. The fourth-order valence-corrected chi connectivity index (χ4v) is 1.89. The molecule has 1 aliphatic carbocycles. The van der Waals surface area contributed by atoms with Crippen LogP contribution in [0.25, 0.3) is 0 Å². The van der Waals surface area contributed by atoms with Crippen molar-refractivity contribution < 1.29 is 68.4 Å². The quantitative estimate of drug-likeness (QED) is 0.577. The standard InChI is InChI=1S/C8H2F10O4.FH/c9-4(10)3(1(19)20,2(21)22)5(11,12)7(15,16)8(17,18)6(4,13)14;/h(H,19,20)(H,21,22);1H. The Morgan fingerprint density at radius 1 is 0.522 bits per heavy atom. The Labute approximate surface area is 117 Å². The molecule has 136 valence electrons. The van der Waals surface area contributed by atoms with Crippen LogP contribution in [0.15, 0.2) is 0 Å². The van der Waals surface area contributed by atoms with Gasteiger partial charge in [-0.25, -0.2) is 0 Å². The molecule has 15 heteroatoms. The Hall–Kier alpha value is -1.83. The second-order valence-corrected chi connectivity index (χ2v) is 4.23. The number of carboxylic acid groups (broad SMARTS) is 2. The molecular formula is C8H3F11O4. The van der Waals surface area contributed by atoms with Crippen molar-refractivity contribution in [2.24, 2.45) is 5.41 Å². The van der Waals surface area contributed by atoms with Crippen molar-refractivity contribution in [3.63, 3.8) is 0 Å². The van der Waals surface area contributed by atoms with E-state index in [-0.39, 0.29) is 4.70 Å². The van der Waals surface area contributed by atoms with Crippen LogP contribution in [0.3, 0.4) is 0 Å². The van der Waals surface area contributed by atoms with Gasteiger partial charge in [0.2, 0.25) is 0 Å². The van der Waals surface area contributed by atoms with Crippen molar-refractivity contribution in [2.75, 3.05) is 0 Å². The van der Waals surface area contributed by atoms with Gasteiger partial charge in [-0.1, -0.05) is 0 Å². The van der Waals surface area contributed by atoms with Gasteiger partial charge in [0.1, 0.15) is 0 Å². The predicted octanol–water partition coefficient (Wildman–Crippen LogP) is 2.48. The number of hydrogen-bond donors (Lipinski definition) is 2. The first-order valence-electron chi connectivity index (χ1n) is 4.75. The van der Waals surface area contributed by atoms with E-state index in [1.165, 1.54) is 0 Å². The van der Waals surface area contributed by atoms with E-state index < -0.39 is 47.0 Å². The fraction of sp³-hybridized carbons (Fsp3) is 0.750. The SMILES string of the molecule is F.O=C(O)C1(C(=O)O)C(F)(F)C(F)(F)C(F)(F)C(F)(F)C1(F)F. The fourth-order valence-electron chi connectivity index (χ4n) is 1.89. The van der Waals surface area contributed by atoms with E-state index in [0.717, 1.165) is 0 Å². The van der Waals surface area contributed by atoms with Crippen molar-refractivity contribution >= 4 is 11.9 Å². The van der Waals surface area contributed by atoms with Crippen LogP contribution in [-0.4, -0.2) is 51.8 Å². The van der Waals surface area contributed by atoms with Crippen LogP contribution in [0.4, 0.5) is 48.6 Å². The second kappa shape index (κ2) is 4.59. The predicted molar refractivity (Wildman–Crippen MR) is 44.9 cm³/mol. The normalized spacial score (nSPS) is 28.3. The van der Waals surface area contributed by atoms with E-state index in [1.807, 2.05) is 0 Å². The number of halogens is 11. The topological polar surface area (TPSA) is 74.6 Å². The largest absolute Gasteiger partial charge is 0.480 e. The summed E-state index contributed by atoms with van der Waals surface area (Å²) in [5.74, 6) is -44.8. The van der Waals surface area contributed by atoms with Gasteiger partial charge >= 0.3 is 47.0 Å². The van der Waals surface area contributed by atoms with Crippen molar-refractivity contribution in [3.8, 4) is 0 Å². The zero-order chi connectivity index (χ0) is 18.2. The molecule has 0 bridgehead atoms. The molecule has 0 heterocycles. The first-order valence-corrected chi connectivity index (χ1v) is 4.75. The van der Waals surface area contributed by atoms with Crippen molar-refractivity contribution in [3.05, 3.63) is 0 Å². The van der Waals surface area contributed by atoms with Gasteiger partial charge < -0.3 is 10.2 Å². The first kappa shape index (κ1) is 21.2. The molecule has 2 N–H and O–H groups in total. The lowest BCUT2D eigenvalue weighted by atomic mass is 9.63. The van der Waals surface area contributed by atoms with Gasteiger partial charge in [0.05, 0.1) is 0 Å². The van der Waals surface area contributed by atoms with Gasteiger partial charge in [-0.05, 0) is 0 Å². The van der Waals surface area contributed by atoms with E-state index in [4.69, 9.17) is 10.2 Å². The average Bonchev–Trinajstić information content (AvgIpc) is 2.25. The summed E-state index contributed by atoms with van der Waals surface area (Å²) in [4.78, 5) is 21.0. The van der Waals surface area contributed by atoms with Gasteiger partial charge in [-0.15, -0.1) is 0 Å². The van der Waals surface area contributed by atoms with E-state index in [9.17, 15) is 53.5 Å². The van der Waals surface area contributed by atoms with E-state index in [2.05, 4.69) is 0 Å². The summed E-state index contributed by atoms with van der Waals surface area (Å²) < 4.78 is 131. The molecule has 1 aliphatic rings. The van der Waals surface area contributed by atoms with E-state index >= 15 is 0 Å². The summed E-state index contributed by atoms with van der Waals surface area (Å²) in [6.45, 7) is 0. The molecular weight excluding hydrogens is 369 g/mol. The third-order valence-corrected chi connectivity index (χ3v) is 3.16. The monoisotopic (exact) mass is 372 g/mol. The molecule has 4 nitrogen and oxygen atoms in total. The second-order valence-electron chi connectivity index (χ2n) is 4.23. The van der Waals surface area contributed by atoms with Crippen molar-refractivity contribution in [1.29, 1.82) is 0 Å². The highest BCUT2D eigenvalue weighted by molar-refractivity contribution is 6.02. The molecule has 0 amide bonds. The highest BCUT2D eigenvalue weighted by atomic mass is 19.4. The summed E-state index contributed by atoms with van der Waals surface area (Å²) in [6, 6.07) is 0. The van der Waals surface area contributed by atoms with Crippen molar-refractivity contribution in [1.82, 2.24) is 0 Å². The maximum absolute atomic E-state index is 13.3. The molecule has 23 heavy (non-hydrogen) atoms. The zero-order valence-electron chi connectivity index (χ0n) is 9.90. The Kier molecular flexibility index (Phi) is 4.23. The minimum atomic E-state index is -7.43. The molecule has 0 unspecified atom stereocenters. The van der Waals surface area contributed by atoms with Gasteiger partial charge in [0, 0.05) is 0 Å². The van der Waals surface area contributed by atoms with Crippen LogP contribution in [0.1, 0.15) is 0 Å². The molecule has 0 atom stereocenters. The van der Waals surface area contributed by atoms with Gasteiger partial charge in [-0.2, -0.15) is 43.9 Å². The Morgan fingerprint density at radius 2 is 0.696 bits per heavy atom. The molecule has 0 aliphatic heterocycles. The average molecular weight is 372 g/mol. The third-order valence-electron chi connectivity index (χ3n) is 3.16. The van der Waals surface area contributed by atoms with Crippen LogP contribution < -0.4 is 0 Å². The van der Waals surface area contributed by atoms with Crippen molar-refractivity contribution in [2.45, 2.75) is 29.6 Å². The van der Waals surface area contributed by atoms with E-state index in [0.29, 0.717) is 0 Å². The Morgan fingerprint density at radius 3 is 0.870 bits per heavy atom. The van der Waals surface area contributed by atoms with Gasteiger partial charge in [0.15, 0.2) is 0 Å². The molecule has 1 rings (SSSR count). The minimum absolute atomic E-state index is 0. The van der Waals surface area contributed by atoms with Crippen LogP contribution in [0, 0.1) is 5.41 Å². The van der Waals surface area contributed by atoms with Crippen LogP contribution in [0.2, 0.25) is 0 Å². The number of carboxylic acids is 2. The Balaban J connectivity index is 0.00000484. The first-order chi connectivity index (χ1) is 9.39. The van der Waals surface area contributed by atoms with E-state index in [1.54, 1.807) is 0 Å². The number of aliphatic carboxylic acids is 2. The van der Waals surface area contributed by atoms with Crippen LogP contribution >= 0.6 is 0 Å². The molecule has 0 aromatic heterocycles. The maximum atomic E-state index is 13.3. The highest BCUT2D eigenvalue weighted by Gasteiger charge is 3.04. The molecule has 0 aromatic rings. The van der Waals surface area contributed by atoms with Gasteiger partial charge in [-0.3, -0.25) is 14.3 Å². The summed E-state index contributed by atoms with van der Waals surface area (Å²) in [6.07, 6.45) is 0. The number of carbonyl (C=O) groups is 2. The van der Waals surface area contributed by atoms with Gasteiger partial charge in [0.25, 0.3) is 0 Å². The molecule has 0 radical (unpaired) electrons. The summed E-state index contributed by atoms with van der Waals surface area (Å²) in [7, 11) is 0. The Bertz CT molecular complexity index is 494. The summed E-state index contributed by atoms with van der Waals surface area (Å²) in [5.41, 5.74) is -6.52. The highest BCUT2D eigenvalue weighted by Crippen LogP contribution is 2.71. The molecule has 0 spiro atoms. The smallest absolute Gasteiger partial charge is 0.384 e. The summed E-state index contributed by atoms with van der Waals surface area (Å²) >= 11 is 0.